The van der Waals surface area contributed by atoms with Crippen LogP contribution in [-0.2, 0) is 17.9 Å². The average Bonchev–Trinajstić information content (AvgIpc) is 3.09. The molecular formula is C18H16ClN3O3. The second kappa shape index (κ2) is 7.72. The maximum absolute atomic E-state index is 10.6. The normalized spacial score (nSPS) is 10.4. The molecule has 0 fully saturated rings. The molecule has 3 aromatic rings. The van der Waals surface area contributed by atoms with Crippen molar-refractivity contribution in [1.29, 1.82) is 0 Å². The lowest BCUT2D eigenvalue weighted by Gasteiger charge is -2.07. The van der Waals surface area contributed by atoms with Gasteiger partial charge in [0, 0.05) is 28.9 Å². The molecule has 3 N–H and O–H groups in total. The number of amides is 1. The highest BCUT2D eigenvalue weighted by Crippen LogP contribution is 2.22. The number of ether oxygens (including phenoxy) is 1. The molecule has 1 amide bonds. The van der Waals surface area contributed by atoms with Crippen LogP contribution in [0.5, 0.6) is 0 Å². The van der Waals surface area contributed by atoms with Crippen molar-refractivity contribution in [3.8, 4) is 11.3 Å². The minimum absolute atomic E-state index is 0.0386. The van der Waals surface area contributed by atoms with Gasteiger partial charge in [0.2, 0.25) is 0 Å². The molecule has 0 unspecified atom stereocenters. The van der Waals surface area contributed by atoms with Crippen LogP contribution in [0, 0.1) is 0 Å². The van der Waals surface area contributed by atoms with Crippen molar-refractivity contribution in [2.24, 2.45) is 5.73 Å². The zero-order valence-corrected chi connectivity index (χ0v) is 14.0. The highest BCUT2D eigenvalue weighted by atomic mass is 35.5. The van der Waals surface area contributed by atoms with Gasteiger partial charge in [0.25, 0.3) is 0 Å². The molecule has 0 saturated carbocycles. The van der Waals surface area contributed by atoms with Crippen LogP contribution in [0.3, 0.4) is 0 Å². The number of anilines is 1. The predicted octanol–water partition coefficient (Wildman–Crippen LogP) is 4.20. The molecule has 0 atom stereocenters. The number of nitrogens with one attached hydrogen (secondary N) is 1. The van der Waals surface area contributed by atoms with Gasteiger partial charge in [-0.1, -0.05) is 41.0 Å². The van der Waals surface area contributed by atoms with Crippen molar-refractivity contribution in [2.75, 3.05) is 5.32 Å². The van der Waals surface area contributed by atoms with E-state index in [9.17, 15) is 4.79 Å². The molecule has 0 radical (unpaired) electrons. The number of halogens is 1. The molecule has 0 spiro atoms. The number of hydrogen-bond acceptors (Lipinski definition) is 5. The molecule has 2 aromatic carbocycles. The van der Waals surface area contributed by atoms with Crippen LogP contribution >= 0.6 is 11.6 Å². The summed E-state index contributed by atoms with van der Waals surface area (Å²) in [6.07, 6.45) is -0.853. The first-order valence-electron chi connectivity index (χ1n) is 7.57. The number of nitrogens with zero attached hydrogens (tertiary/aromatic N) is 1. The predicted molar refractivity (Wildman–Crippen MR) is 95.1 cm³/mol. The largest absolute Gasteiger partial charge is 0.441 e. The van der Waals surface area contributed by atoms with Crippen LogP contribution in [0.15, 0.2) is 59.1 Å². The fourth-order valence-corrected chi connectivity index (χ4v) is 2.35. The quantitative estimate of drug-likeness (QED) is 0.689. The summed E-state index contributed by atoms with van der Waals surface area (Å²) in [5, 5.41) is 8.02. The van der Waals surface area contributed by atoms with Crippen LogP contribution in [0.2, 0.25) is 5.02 Å². The van der Waals surface area contributed by atoms with E-state index in [0.29, 0.717) is 18.0 Å². The van der Waals surface area contributed by atoms with Gasteiger partial charge in [0.05, 0.1) is 0 Å². The first kappa shape index (κ1) is 16.9. The minimum Gasteiger partial charge on any atom is -0.441 e. The standard InChI is InChI=1S/C18H16ClN3O3/c19-14-5-1-12(2-6-14)10-21-15-7-3-13(4-8-15)17-9-16(25-22-17)11-24-18(20)23/h1-9,21H,10-11H2,(H2,20,23). The lowest BCUT2D eigenvalue weighted by Crippen LogP contribution is -2.12. The molecule has 0 bridgehead atoms. The zero-order valence-electron chi connectivity index (χ0n) is 13.2. The van der Waals surface area contributed by atoms with Crippen molar-refractivity contribution >= 4 is 23.4 Å². The first-order chi connectivity index (χ1) is 12.1. The number of nitrogens with two attached hydrogens (primary N) is 1. The van der Waals surface area contributed by atoms with Gasteiger partial charge in [-0.15, -0.1) is 0 Å². The van der Waals surface area contributed by atoms with Gasteiger partial charge in [-0.3, -0.25) is 0 Å². The molecule has 6 nitrogen and oxygen atoms in total. The van der Waals surface area contributed by atoms with Crippen molar-refractivity contribution in [1.82, 2.24) is 5.16 Å². The maximum Gasteiger partial charge on any atom is 0.404 e. The SMILES string of the molecule is NC(=O)OCc1cc(-c2ccc(NCc3ccc(Cl)cc3)cc2)no1. The third-order valence-electron chi connectivity index (χ3n) is 3.51. The van der Waals surface area contributed by atoms with Crippen LogP contribution in [0.4, 0.5) is 10.5 Å². The van der Waals surface area contributed by atoms with Crippen LogP contribution in [0.1, 0.15) is 11.3 Å². The Balaban J connectivity index is 1.60. The fraction of sp³-hybridized carbons (Fsp3) is 0.111. The van der Waals surface area contributed by atoms with Crippen molar-refractivity contribution in [2.45, 2.75) is 13.2 Å². The van der Waals surface area contributed by atoms with Gasteiger partial charge >= 0.3 is 6.09 Å². The van der Waals surface area contributed by atoms with E-state index in [1.807, 2.05) is 48.5 Å². The van der Waals surface area contributed by atoms with Gasteiger partial charge in [0.1, 0.15) is 5.69 Å². The van der Waals surface area contributed by atoms with E-state index >= 15 is 0 Å². The summed E-state index contributed by atoms with van der Waals surface area (Å²) in [6, 6.07) is 17.2. The summed E-state index contributed by atoms with van der Waals surface area (Å²) in [5.41, 5.74) is 8.60. The van der Waals surface area contributed by atoms with E-state index in [1.54, 1.807) is 6.07 Å². The Morgan fingerprint density at radius 3 is 2.56 bits per heavy atom. The summed E-state index contributed by atoms with van der Waals surface area (Å²) in [7, 11) is 0. The number of carbonyl (C=O) groups is 1. The molecule has 0 aliphatic rings. The van der Waals surface area contributed by atoms with Crippen molar-refractivity contribution < 1.29 is 14.1 Å². The lowest BCUT2D eigenvalue weighted by atomic mass is 10.1. The van der Waals surface area contributed by atoms with E-state index in [-0.39, 0.29) is 6.61 Å². The first-order valence-corrected chi connectivity index (χ1v) is 7.94. The number of primary amides is 1. The summed E-state index contributed by atoms with van der Waals surface area (Å²) in [6.45, 7) is 0.665. The van der Waals surface area contributed by atoms with Crippen LogP contribution < -0.4 is 11.1 Å². The molecule has 0 aliphatic heterocycles. The number of carbonyl (C=O) groups excluding carboxylic acids is 1. The topological polar surface area (TPSA) is 90.4 Å². The van der Waals surface area contributed by atoms with E-state index in [2.05, 4.69) is 15.2 Å². The van der Waals surface area contributed by atoms with Gasteiger partial charge in [-0.25, -0.2) is 4.79 Å². The summed E-state index contributed by atoms with van der Waals surface area (Å²) < 4.78 is 9.77. The van der Waals surface area contributed by atoms with E-state index in [1.165, 1.54) is 0 Å². The Morgan fingerprint density at radius 2 is 1.88 bits per heavy atom. The molecule has 1 aromatic heterocycles. The van der Waals surface area contributed by atoms with Crippen molar-refractivity contribution in [3.05, 3.63) is 70.9 Å². The van der Waals surface area contributed by atoms with Crippen molar-refractivity contribution in [3.63, 3.8) is 0 Å². The summed E-state index contributed by atoms with van der Waals surface area (Å²) in [5.74, 6) is 0.429. The van der Waals surface area contributed by atoms with Gasteiger partial charge in [-0.05, 0) is 29.8 Å². The Hall–Kier alpha value is -2.99. The molecule has 1 heterocycles. The fourth-order valence-electron chi connectivity index (χ4n) is 2.22. The number of aromatic nitrogens is 1. The Kier molecular flexibility index (Phi) is 5.20. The van der Waals surface area contributed by atoms with E-state index in [0.717, 1.165) is 21.8 Å². The van der Waals surface area contributed by atoms with Crippen LogP contribution in [-0.4, -0.2) is 11.2 Å². The number of rotatable bonds is 6. The minimum atomic E-state index is -0.853. The Labute approximate surface area is 149 Å². The number of hydrogen-bond donors (Lipinski definition) is 2. The average molecular weight is 358 g/mol. The molecule has 128 valence electrons. The Morgan fingerprint density at radius 1 is 1.16 bits per heavy atom. The second-order valence-corrected chi connectivity index (χ2v) is 5.78. The third kappa shape index (κ3) is 4.74. The molecule has 3 rings (SSSR count). The lowest BCUT2D eigenvalue weighted by molar-refractivity contribution is 0.137. The van der Waals surface area contributed by atoms with Crippen LogP contribution in [0.25, 0.3) is 11.3 Å². The number of benzene rings is 2. The smallest absolute Gasteiger partial charge is 0.404 e. The molecule has 25 heavy (non-hydrogen) atoms. The van der Waals surface area contributed by atoms with Gasteiger partial charge in [-0.2, -0.15) is 0 Å². The maximum atomic E-state index is 10.6. The molecule has 0 aliphatic carbocycles. The van der Waals surface area contributed by atoms with E-state index < -0.39 is 6.09 Å². The highest BCUT2D eigenvalue weighted by Gasteiger charge is 2.08. The second-order valence-electron chi connectivity index (χ2n) is 5.34. The van der Waals surface area contributed by atoms with E-state index in [4.69, 9.17) is 21.9 Å². The summed E-state index contributed by atoms with van der Waals surface area (Å²) >= 11 is 5.88. The molecular weight excluding hydrogens is 342 g/mol. The highest BCUT2D eigenvalue weighted by molar-refractivity contribution is 6.30. The summed E-state index contributed by atoms with van der Waals surface area (Å²) in [4.78, 5) is 10.6. The Bertz CT molecular complexity index is 845. The third-order valence-corrected chi connectivity index (χ3v) is 3.76. The molecule has 7 heteroatoms. The van der Waals surface area contributed by atoms with Gasteiger partial charge < -0.3 is 20.3 Å². The zero-order chi connectivity index (χ0) is 17.6. The van der Waals surface area contributed by atoms with Gasteiger partial charge in [0.15, 0.2) is 12.4 Å². The monoisotopic (exact) mass is 357 g/mol. The molecule has 0 saturated heterocycles.